The highest BCUT2D eigenvalue weighted by molar-refractivity contribution is 7.12. The van der Waals surface area contributed by atoms with Crippen molar-refractivity contribution >= 4 is 40.4 Å². The summed E-state index contributed by atoms with van der Waals surface area (Å²) in [6, 6.07) is 1.19. The van der Waals surface area contributed by atoms with Gasteiger partial charge in [0.25, 0.3) is 5.91 Å². The summed E-state index contributed by atoms with van der Waals surface area (Å²) in [7, 11) is 1.21. The molecule has 1 N–H and O–H groups in total. The van der Waals surface area contributed by atoms with Crippen LogP contribution >= 0.6 is 11.3 Å². The first-order valence-electron chi connectivity index (χ1n) is 18.8. The maximum absolute atomic E-state index is 14.4. The van der Waals surface area contributed by atoms with Gasteiger partial charge in [-0.15, -0.1) is 11.3 Å². The zero-order valence-electron chi connectivity index (χ0n) is 33.6. The molecular weight excluding hydrogens is 764 g/mol. The summed E-state index contributed by atoms with van der Waals surface area (Å²) in [4.78, 5) is 35.8. The summed E-state index contributed by atoms with van der Waals surface area (Å²) in [6.45, 7) is 14.7. The molecule has 1 atom stereocenters. The first-order valence-corrected chi connectivity index (χ1v) is 19.7. The average molecular weight is 817 g/mol. The fraction of sp³-hybridized carbons (Fsp3) is 0.395. The Labute approximate surface area is 337 Å². The molecule has 8 nitrogen and oxygen atoms in total. The number of hydrogen-bond acceptors (Lipinski definition) is 8. The van der Waals surface area contributed by atoms with E-state index in [4.69, 9.17) is 4.74 Å². The Bertz CT molecular complexity index is 1880. The fourth-order valence-electron chi connectivity index (χ4n) is 5.60. The van der Waals surface area contributed by atoms with Crippen LogP contribution in [0.25, 0.3) is 0 Å². The molecule has 0 aromatic carbocycles. The van der Waals surface area contributed by atoms with Crippen molar-refractivity contribution in [2.45, 2.75) is 73.0 Å². The number of hydrogen-bond donors (Lipinski definition) is 1. The number of carbonyl (C=O) groups is 2. The van der Waals surface area contributed by atoms with E-state index in [1.54, 1.807) is 29.7 Å². The molecular formula is C43H53F5N4O4S. The predicted molar refractivity (Wildman–Crippen MR) is 222 cm³/mol. The van der Waals surface area contributed by atoms with E-state index in [-0.39, 0.29) is 39.3 Å². The summed E-state index contributed by atoms with van der Waals surface area (Å²) < 4.78 is 80.9. The highest BCUT2D eigenvalue weighted by atomic mass is 32.1. The van der Waals surface area contributed by atoms with Gasteiger partial charge in [-0.3, -0.25) is 14.7 Å². The van der Waals surface area contributed by atoms with E-state index in [1.165, 1.54) is 26.2 Å². The summed E-state index contributed by atoms with van der Waals surface area (Å²) in [5, 5.41) is 4.09. The molecule has 310 valence electrons. The van der Waals surface area contributed by atoms with E-state index in [0.717, 1.165) is 29.1 Å². The second-order valence-electron chi connectivity index (χ2n) is 12.0. The number of halogens is 5. The largest absolute Gasteiger partial charge is 0.488 e. The van der Waals surface area contributed by atoms with Gasteiger partial charge >= 0.3 is 12.1 Å². The van der Waals surface area contributed by atoms with Gasteiger partial charge < -0.3 is 14.8 Å². The number of nitrogens with zero attached hydrogens (tertiary/aromatic N) is 3. The van der Waals surface area contributed by atoms with Crippen LogP contribution in [0.5, 0.6) is 0 Å². The molecule has 4 rings (SSSR count). The van der Waals surface area contributed by atoms with Crippen molar-refractivity contribution in [2.75, 3.05) is 45.3 Å². The Balaban J connectivity index is 0.00000271. The molecule has 1 aliphatic carbocycles. The van der Waals surface area contributed by atoms with Crippen LogP contribution < -0.4 is 5.32 Å². The lowest BCUT2D eigenvalue weighted by atomic mass is 9.97. The van der Waals surface area contributed by atoms with Gasteiger partial charge in [-0.05, 0) is 66.5 Å². The van der Waals surface area contributed by atoms with Crippen molar-refractivity contribution in [1.82, 2.24) is 4.90 Å². The van der Waals surface area contributed by atoms with Gasteiger partial charge in [0.1, 0.15) is 17.4 Å². The lowest BCUT2D eigenvalue weighted by molar-refractivity contribution is -0.119. The minimum absolute atomic E-state index is 0.0460. The standard InChI is InChI=1S/C39H41F5N4O4S.2C2H6/c1-5-7-12-29(31(41)22-40)37-46-32-13-9-18-48(19-16-33(32)47-37)23-26-10-8-11-27(15-14-26)28(6-2)30(39(42,43)44)21-25(3)52-24-35(49)45-34-17-20-53-36(34)38(50)51-4;2*1-2/h6-7,9-15,17,20-21,33H,2,5,8,16,18-19,22-24H2,1,3-4H3,(H,45,49);2*1-2H3/b12-7-,13-9?,25-21+,30-28-,31-29-;;. The van der Waals surface area contributed by atoms with Crippen LogP contribution in [0, 0.1) is 0 Å². The van der Waals surface area contributed by atoms with Crippen molar-refractivity contribution in [3.8, 4) is 0 Å². The van der Waals surface area contributed by atoms with E-state index in [1.807, 2.05) is 52.8 Å². The van der Waals surface area contributed by atoms with Gasteiger partial charge in [-0.2, -0.15) is 13.2 Å². The molecule has 57 heavy (non-hydrogen) atoms. The molecule has 0 bridgehead atoms. The third-order valence-corrected chi connectivity index (χ3v) is 9.09. The number of methoxy groups -OCH3 is 1. The zero-order valence-corrected chi connectivity index (χ0v) is 34.5. The van der Waals surface area contributed by atoms with Gasteiger partial charge in [0, 0.05) is 19.6 Å². The number of allylic oxidation sites excluding steroid dienone is 11. The summed E-state index contributed by atoms with van der Waals surface area (Å²) in [5.74, 6) is -2.20. The van der Waals surface area contributed by atoms with Crippen LogP contribution in [0.4, 0.5) is 27.6 Å². The van der Waals surface area contributed by atoms with Crippen molar-refractivity contribution in [3.63, 3.8) is 0 Å². The monoisotopic (exact) mass is 816 g/mol. The van der Waals surface area contributed by atoms with Gasteiger partial charge in [0.2, 0.25) is 0 Å². The summed E-state index contributed by atoms with van der Waals surface area (Å²) >= 11 is 1.07. The molecule has 1 amide bonds. The van der Waals surface area contributed by atoms with Crippen LogP contribution in [-0.2, 0) is 14.3 Å². The number of anilines is 1. The third-order valence-electron chi connectivity index (χ3n) is 8.20. The number of nitrogens with one attached hydrogen (secondary N) is 1. The Kier molecular flexibility index (Phi) is 20.8. The maximum Gasteiger partial charge on any atom is 0.417 e. The number of esters is 1. The molecule has 0 radical (unpaired) electrons. The van der Waals surface area contributed by atoms with Crippen LogP contribution in [0.15, 0.2) is 128 Å². The number of fused-ring (bicyclic) bond motifs is 1. The topological polar surface area (TPSA) is 92.6 Å². The number of amides is 1. The number of rotatable bonds is 14. The molecule has 14 heteroatoms. The molecule has 0 spiro atoms. The van der Waals surface area contributed by atoms with E-state index in [9.17, 15) is 31.5 Å². The van der Waals surface area contributed by atoms with Gasteiger partial charge in [0.15, 0.2) is 12.4 Å². The molecule has 3 aliphatic rings. The second-order valence-corrected chi connectivity index (χ2v) is 12.9. The van der Waals surface area contributed by atoms with Crippen molar-refractivity contribution < 1.29 is 41.0 Å². The number of ether oxygens (including phenoxy) is 2. The molecule has 0 fully saturated rings. The Morgan fingerprint density at radius 1 is 1.12 bits per heavy atom. The molecule has 2 aliphatic heterocycles. The Morgan fingerprint density at radius 3 is 2.51 bits per heavy atom. The van der Waals surface area contributed by atoms with Crippen LogP contribution in [0.1, 0.15) is 70.5 Å². The van der Waals surface area contributed by atoms with Crippen LogP contribution in [0.3, 0.4) is 0 Å². The van der Waals surface area contributed by atoms with E-state index < -0.39 is 42.7 Å². The van der Waals surface area contributed by atoms with Gasteiger partial charge in [-0.1, -0.05) is 89.8 Å². The third kappa shape index (κ3) is 14.5. The highest BCUT2D eigenvalue weighted by Crippen LogP contribution is 2.35. The molecule has 3 heterocycles. The first kappa shape index (κ1) is 48.2. The van der Waals surface area contributed by atoms with E-state index >= 15 is 0 Å². The number of alkyl halides is 4. The quantitative estimate of drug-likeness (QED) is 0.0874. The fourth-order valence-corrected chi connectivity index (χ4v) is 6.36. The SMILES string of the molecule is C=C/C(C1=CCC=C(CN2CC=CC3=NC(C(/C=C\CC)=C(\F)CF)=NC3CC2)C=C1)=C(\C=C(/C)OCC(=O)Nc1ccsc1C(=O)OC)C(F)(F)F.CC.CC. The molecule has 0 saturated heterocycles. The average Bonchev–Trinajstić information content (AvgIpc) is 3.76. The van der Waals surface area contributed by atoms with Gasteiger partial charge in [-0.25, -0.2) is 18.6 Å². The molecule has 1 aromatic heterocycles. The molecule has 1 unspecified atom stereocenters. The maximum atomic E-state index is 14.4. The number of thiophene rings is 1. The minimum atomic E-state index is -4.78. The van der Waals surface area contributed by atoms with Crippen molar-refractivity contribution in [1.29, 1.82) is 0 Å². The normalized spacial score (nSPS) is 18.0. The zero-order chi connectivity index (χ0) is 42.5. The lowest BCUT2D eigenvalue weighted by Gasteiger charge is -2.24. The summed E-state index contributed by atoms with van der Waals surface area (Å²) in [6.07, 6.45) is 12.8. The number of aliphatic imine (C=N–C) groups is 2. The first-order chi connectivity index (χ1) is 27.4. The van der Waals surface area contributed by atoms with E-state index in [2.05, 4.69) is 31.5 Å². The Hall–Kier alpha value is -4.95. The molecule has 1 aromatic rings. The van der Waals surface area contributed by atoms with Crippen LogP contribution in [0.2, 0.25) is 0 Å². The number of amidine groups is 1. The van der Waals surface area contributed by atoms with Crippen LogP contribution in [-0.4, -0.2) is 80.6 Å². The molecule has 0 saturated carbocycles. The van der Waals surface area contributed by atoms with Gasteiger partial charge in [0.05, 0.1) is 41.5 Å². The van der Waals surface area contributed by atoms with Crippen molar-refractivity contribution in [3.05, 3.63) is 123 Å². The Morgan fingerprint density at radius 2 is 1.86 bits per heavy atom. The summed E-state index contributed by atoms with van der Waals surface area (Å²) in [5.41, 5.74) is 1.01. The lowest BCUT2D eigenvalue weighted by Crippen LogP contribution is -2.32. The van der Waals surface area contributed by atoms with E-state index in [0.29, 0.717) is 50.2 Å². The predicted octanol–water partition coefficient (Wildman–Crippen LogP) is 10.9. The minimum Gasteiger partial charge on any atom is -0.488 e. The number of carbonyl (C=O) groups excluding carboxylic acids is 2. The second kappa shape index (κ2) is 24.6. The van der Waals surface area contributed by atoms with Crippen molar-refractivity contribution in [2.24, 2.45) is 9.98 Å². The smallest absolute Gasteiger partial charge is 0.417 e. The highest BCUT2D eigenvalue weighted by Gasteiger charge is 2.35.